The van der Waals surface area contributed by atoms with Gasteiger partial charge in [0.15, 0.2) is 0 Å². The van der Waals surface area contributed by atoms with Gasteiger partial charge >= 0.3 is 21.1 Å². The van der Waals surface area contributed by atoms with Gasteiger partial charge in [0.2, 0.25) is 0 Å². The van der Waals surface area contributed by atoms with Crippen LogP contribution in [0.3, 0.4) is 0 Å². The van der Waals surface area contributed by atoms with E-state index in [1.807, 2.05) is 41.2 Å². The van der Waals surface area contributed by atoms with Crippen molar-refractivity contribution in [3.05, 3.63) is 156 Å². The predicted octanol–water partition coefficient (Wildman–Crippen LogP) is 10.6. The molecule has 0 saturated heterocycles. The van der Waals surface area contributed by atoms with Gasteiger partial charge in [-0.2, -0.15) is 17.2 Å². The first-order valence-electron chi connectivity index (χ1n) is 16.2. The Bertz CT molecular complexity index is 2470. The van der Waals surface area contributed by atoms with Crippen LogP contribution in [0.2, 0.25) is 0 Å². The first kappa shape index (κ1) is 32.3. The Hall–Kier alpha value is -5.25. The van der Waals surface area contributed by atoms with Crippen LogP contribution < -0.4 is 4.74 Å². The van der Waals surface area contributed by atoms with Crippen molar-refractivity contribution in [2.45, 2.75) is 34.6 Å². The minimum Gasteiger partial charge on any atom is -0.509 e. The van der Waals surface area contributed by atoms with Crippen molar-refractivity contribution in [1.82, 2.24) is 19.3 Å². The van der Waals surface area contributed by atoms with Crippen LogP contribution in [-0.4, -0.2) is 19.3 Å². The van der Waals surface area contributed by atoms with Gasteiger partial charge in [-0.3, -0.25) is 4.68 Å². The second-order valence-electron chi connectivity index (χ2n) is 12.4. The van der Waals surface area contributed by atoms with Gasteiger partial charge in [0, 0.05) is 34.5 Å². The zero-order valence-electron chi connectivity index (χ0n) is 28.0. The molecular formula is C43H34N4OPt. The van der Waals surface area contributed by atoms with E-state index in [-0.39, 0.29) is 21.1 Å². The van der Waals surface area contributed by atoms with E-state index in [0.717, 1.165) is 55.8 Å². The standard InChI is InChI=1S/C43H34N4O.Pt/c1-27-20-21-44-41(22-27)46-39-17-10-9-16-37(39)38-19-18-36(26-40(38)46)48-35-15-11-14-34(25-35)47-31(5)43(30(4)45-47)42-28(2)23-33(24-29(42)3)32-12-7-6-8-13-32;/h6-24H,1-5H3;/q-2;+2. The Morgan fingerprint density at radius 1 is 0.633 bits per heavy atom. The summed E-state index contributed by atoms with van der Waals surface area (Å²) in [6, 6.07) is 44.5. The summed E-state index contributed by atoms with van der Waals surface area (Å²) in [5.41, 5.74) is 13.3. The molecule has 0 saturated carbocycles. The van der Waals surface area contributed by atoms with E-state index >= 15 is 0 Å². The van der Waals surface area contributed by atoms with Crippen LogP contribution >= 0.6 is 0 Å². The number of aromatic nitrogens is 4. The third kappa shape index (κ3) is 5.79. The second-order valence-corrected chi connectivity index (χ2v) is 12.4. The van der Waals surface area contributed by atoms with Crippen LogP contribution in [0.5, 0.6) is 11.5 Å². The molecule has 0 radical (unpaired) electrons. The minimum atomic E-state index is 0. The maximum Gasteiger partial charge on any atom is 2.00 e. The van der Waals surface area contributed by atoms with Crippen molar-refractivity contribution in [3.63, 3.8) is 0 Å². The summed E-state index contributed by atoms with van der Waals surface area (Å²) in [6.45, 7) is 10.7. The Labute approximate surface area is 301 Å². The molecule has 242 valence electrons. The minimum absolute atomic E-state index is 0. The van der Waals surface area contributed by atoms with Crippen molar-refractivity contribution in [2.75, 3.05) is 0 Å². The number of rotatable bonds is 6. The maximum absolute atomic E-state index is 6.43. The van der Waals surface area contributed by atoms with Gasteiger partial charge in [-0.25, -0.2) is 4.98 Å². The summed E-state index contributed by atoms with van der Waals surface area (Å²) in [5, 5.41) is 7.24. The molecule has 0 atom stereocenters. The summed E-state index contributed by atoms with van der Waals surface area (Å²) in [7, 11) is 0. The Morgan fingerprint density at radius 3 is 2.14 bits per heavy atom. The quantitative estimate of drug-likeness (QED) is 0.157. The molecule has 0 bridgehead atoms. The number of benzene rings is 5. The normalized spacial score (nSPS) is 11.2. The summed E-state index contributed by atoms with van der Waals surface area (Å²) in [4.78, 5) is 4.70. The van der Waals surface area contributed by atoms with Gasteiger partial charge in [-0.05, 0) is 97.3 Å². The molecule has 0 aliphatic rings. The van der Waals surface area contributed by atoms with Gasteiger partial charge in [-0.1, -0.05) is 66.2 Å². The predicted molar refractivity (Wildman–Crippen MR) is 194 cm³/mol. The van der Waals surface area contributed by atoms with Crippen molar-refractivity contribution in [2.24, 2.45) is 0 Å². The largest absolute Gasteiger partial charge is 2.00 e. The number of fused-ring (bicyclic) bond motifs is 3. The molecule has 0 aliphatic heterocycles. The number of pyridine rings is 1. The van der Waals surface area contributed by atoms with Crippen LogP contribution in [0.25, 0.3) is 55.6 Å². The fourth-order valence-electron chi connectivity index (χ4n) is 6.95. The molecule has 0 amide bonds. The molecular weight excluding hydrogens is 784 g/mol. The van der Waals surface area contributed by atoms with Gasteiger partial charge in [-0.15, -0.1) is 35.7 Å². The average Bonchev–Trinajstić information content (AvgIpc) is 3.57. The Kier molecular flexibility index (Phi) is 8.56. The maximum atomic E-state index is 6.43. The molecule has 5 nitrogen and oxygen atoms in total. The van der Waals surface area contributed by atoms with Gasteiger partial charge < -0.3 is 9.30 Å². The summed E-state index contributed by atoms with van der Waals surface area (Å²) < 4.78 is 10.5. The van der Waals surface area contributed by atoms with Gasteiger partial charge in [0.25, 0.3) is 0 Å². The number of ether oxygens (including phenoxy) is 1. The number of hydrogen-bond acceptors (Lipinski definition) is 3. The molecule has 0 unspecified atom stereocenters. The number of nitrogens with zero attached hydrogens (tertiary/aromatic N) is 4. The van der Waals surface area contributed by atoms with E-state index in [0.29, 0.717) is 11.5 Å². The molecule has 0 N–H and O–H groups in total. The van der Waals surface area contributed by atoms with E-state index in [1.54, 1.807) is 0 Å². The van der Waals surface area contributed by atoms with Gasteiger partial charge in [0.1, 0.15) is 5.82 Å². The topological polar surface area (TPSA) is 44.9 Å². The first-order chi connectivity index (χ1) is 23.4. The number of aryl methyl sites for hydroxylation is 4. The molecule has 8 aromatic rings. The summed E-state index contributed by atoms with van der Waals surface area (Å²) >= 11 is 0. The first-order valence-corrected chi connectivity index (χ1v) is 16.2. The van der Waals surface area contributed by atoms with Gasteiger partial charge in [0.05, 0.1) is 5.69 Å². The number of hydrogen-bond donors (Lipinski definition) is 0. The molecule has 5 aromatic carbocycles. The summed E-state index contributed by atoms with van der Waals surface area (Å²) in [5.74, 6) is 2.04. The smallest absolute Gasteiger partial charge is 0.509 e. The fourth-order valence-corrected chi connectivity index (χ4v) is 6.95. The third-order valence-corrected chi connectivity index (χ3v) is 9.07. The molecule has 3 aromatic heterocycles. The SMILES string of the molecule is Cc1ccnc(-n2c3[c-]c(Oc4[c-]c(-n5nc(C)c(-c6c(C)cc(-c7ccccc7)cc6C)c5C)ccc4)ccc3c3ccccc32)c1.[Pt+2]. The van der Waals surface area contributed by atoms with Crippen LogP contribution in [0.15, 0.2) is 115 Å². The molecule has 6 heteroatoms. The summed E-state index contributed by atoms with van der Waals surface area (Å²) in [6.07, 6.45) is 1.85. The fraction of sp³-hybridized carbons (Fsp3) is 0.116. The molecule has 0 fully saturated rings. The van der Waals surface area contributed by atoms with E-state index in [1.165, 1.54) is 27.8 Å². The molecule has 3 heterocycles. The van der Waals surface area contributed by atoms with Crippen LogP contribution in [0, 0.1) is 46.8 Å². The third-order valence-electron chi connectivity index (χ3n) is 9.07. The molecule has 0 aliphatic carbocycles. The van der Waals surface area contributed by atoms with Crippen LogP contribution in [0.1, 0.15) is 28.1 Å². The molecule has 8 rings (SSSR count). The average molecular weight is 818 g/mol. The van der Waals surface area contributed by atoms with Crippen LogP contribution in [0.4, 0.5) is 0 Å². The second kappa shape index (κ2) is 13.0. The van der Waals surface area contributed by atoms with E-state index in [9.17, 15) is 0 Å². The van der Waals surface area contributed by atoms with Crippen molar-refractivity contribution in [1.29, 1.82) is 0 Å². The zero-order chi connectivity index (χ0) is 32.9. The van der Waals surface area contributed by atoms with Crippen molar-refractivity contribution >= 4 is 21.8 Å². The van der Waals surface area contributed by atoms with Crippen LogP contribution in [-0.2, 0) is 21.1 Å². The molecule has 49 heavy (non-hydrogen) atoms. The van der Waals surface area contributed by atoms with E-state index in [4.69, 9.17) is 14.8 Å². The Morgan fingerprint density at radius 2 is 1.37 bits per heavy atom. The number of para-hydroxylation sites is 1. The monoisotopic (exact) mass is 817 g/mol. The van der Waals surface area contributed by atoms with Crippen molar-refractivity contribution in [3.8, 4) is 45.3 Å². The zero-order valence-corrected chi connectivity index (χ0v) is 30.3. The van der Waals surface area contributed by atoms with E-state index < -0.39 is 0 Å². The van der Waals surface area contributed by atoms with Crippen molar-refractivity contribution < 1.29 is 25.8 Å². The van der Waals surface area contributed by atoms with E-state index in [2.05, 4.69) is 130 Å². The molecule has 0 spiro atoms. The Balaban J connectivity index is 0.00000378.